The highest BCUT2D eigenvalue weighted by Crippen LogP contribution is 2.33. The zero-order valence-electron chi connectivity index (χ0n) is 11.4. The molecule has 0 fully saturated rings. The highest BCUT2D eigenvalue weighted by Gasteiger charge is 2.27. The monoisotopic (exact) mass is 308 g/mol. The zero-order valence-corrected chi connectivity index (χ0v) is 12.2. The summed E-state index contributed by atoms with van der Waals surface area (Å²) in [5.74, 6) is -1.45. The Hall–Kier alpha value is -1.24. The van der Waals surface area contributed by atoms with Gasteiger partial charge in [-0.25, -0.2) is 9.38 Å². The lowest BCUT2D eigenvalue weighted by molar-refractivity contribution is -0.105. The Morgan fingerprint density at radius 2 is 1.95 bits per heavy atom. The third kappa shape index (κ3) is 5.03. The number of alkyl halides is 3. The second-order valence-corrected chi connectivity index (χ2v) is 5.68. The number of rotatable bonds is 4. The van der Waals surface area contributed by atoms with Gasteiger partial charge < -0.3 is 5.73 Å². The summed E-state index contributed by atoms with van der Waals surface area (Å²) >= 11 is 0.611. The molecule has 2 N–H and O–H groups in total. The molecule has 0 aliphatic heterocycles. The summed E-state index contributed by atoms with van der Waals surface area (Å²) in [6.07, 6.45) is -4.27. The third-order valence-corrected chi connectivity index (χ3v) is 3.70. The van der Waals surface area contributed by atoms with Gasteiger partial charge >= 0.3 is 6.18 Å². The van der Waals surface area contributed by atoms with Crippen molar-refractivity contribution in [3.63, 3.8) is 0 Å². The van der Waals surface area contributed by atoms with Crippen molar-refractivity contribution in [3.05, 3.63) is 23.5 Å². The van der Waals surface area contributed by atoms with Crippen molar-refractivity contribution in [2.75, 3.05) is 5.75 Å². The molecular weight excluding hydrogens is 292 g/mol. The molecule has 2 nitrogen and oxygen atoms in total. The van der Waals surface area contributed by atoms with Crippen LogP contribution in [0.4, 0.5) is 23.2 Å². The molecule has 7 heteroatoms. The van der Waals surface area contributed by atoms with E-state index in [2.05, 4.69) is 4.99 Å². The molecule has 0 saturated carbocycles. The Morgan fingerprint density at radius 3 is 2.45 bits per heavy atom. The van der Waals surface area contributed by atoms with Crippen LogP contribution >= 0.6 is 11.8 Å². The number of amidine groups is 1. The Labute approximate surface area is 119 Å². The minimum absolute atomic E-state index is 0.0357. The van der Waals surface area contributed by atoms with E-state index < -0.39 is 17.7 Å². The van der Waals surface area contributed by atoms with Gasteiger partial charge in [0.25, 0.3) is 0 Å². The fourth-order valence-electron chi connectivity index (χ4n) is 1.31. The lowest BCUT2D eigenvalue weighted by atomic mass is 10.2. The molecule has 0 aliphatic carbocycles. The van der Waals surface area contributed by atoms with Gasteiger partial charge in [0.05, 0.1) is 5.75 Å². The summed E-state index contributed by atoms with van der Waals surface area (Å²) in [4.78, 5) is 4.28. The number of nitrogens with two attached hydrogens (primary N) is 1. The number of nitrogens with zero attached hydrogens (tertiary/aromatic N) is 1. The average Bonchev–Trinajstić information content (AvgIpc) is 2.29. The SMILES string of the molecule is Cc1cc(F)c(/N=C(\N)C(C)C)cc1SCC(F)(F)F. The van der Waals surface area contributed by atoms with Crippen molar-refractivity contribution >= 4 is 23.3 Å². The van der Waals surface area contributed by atoms with Gasteiger partial charge in [-0.1, -0.05) is 13.8 Å². The number of benzene rings is 1. The van der Waals surface area contributed by atoms with Crippen molar-refractivity contribution in [2.45, 2.75) is 31.8 Å². The summed E-state index contributed by atoms with van der Waals surface area (Å²) in [6.45, 7) is 5.15. The molecule has 0 aliphatic rings. The molecule has 1 aromatic carbocycles. The summed E-state index contributed by atoms with van der Waals surface area (Å²) in [7, 11) is 0. The Morgan fingerprint density at radius 1 is 1.35 bits per heavy atom. The molecule has 0 aromatic heterocycles. The molecule has 1 rings (SSSR count). The van der Waals surface area contributed by atoms with Crippen molar-refractivity contribution in [3.8, 4) is 0 Å². The summed E-state index contributed by atoms with van der Waals surface area (Å²) < 4.78 is 50.4. The average molecular weight is 308 g/mol. The molecule has 0 heterocycles. The van der Waals surface area contributed by atoms with Gasteiger partial charge in [-0.2, -0.15) is 13.2 Å². The Balaban J connectivity index is 3.07. The van der Waals surface area contributed by atoms with Gasteiger partial charge in [0.1, 0.15) is 17.3 Å². The van der Waals surface area contributed by atoms with Crippen LogP contribution in [0.2, 0.25) is 0 Å². The quantitative estimate of drug-likeness (QED) is 0.387. The standard InChI is InChI=1S/C13H16F4N2S/c1-7(2)12(18)19-10-5-11(8(3)4-9(10)14)20-6-13(15,16)17/h4-5,7H,6H2,1-3H3,(H2,18,19). The van der Waals surface area contributed by atoms with E-state index in [-0.39, 0.29) is 17.4 Å². The van der Waals surface area contributed by atoms with Crippen LogP contribution in [0, 0.1) is 18.7 Å². The molecule has 112 valence electrons. The number of hydrogen-bond acceptors (Lipinski definition) is 2. The van der Waals surface area contributed by atoms with Gasteiger partial charge in [0, 0.05) is 10.8 Å². The second-order valence-electron chi connectivity index (χ2n) is 4.66. The largest absolute Gasteiger partial charge is 0.398 e. The summed E-state index contributed by atoms with van der Waals surface area (Å²) in [5, 5.41) is 0. The fraction of sp³-hybridized carbons (Fsp3) is 0.462. The molecule has 0 unspecified atom stereocenters. The topological polar surface area (TPSA) is 38.4 Å². The first-order valence-electron chi connectivity index (χ1n) is 5.94. The van der Waals surface area contributed by atoms with E-state index in [9.17, 15) is 17.6 Å². The number of aliphatic imine (C=N–C) groups is 1. The van der Waals surface area contributed by atoms with E-state index in [1.807, 2.05) is 0 Å². The van der Waals surface area contributed by atoms with Crippen molar-refractivity contribution < 1.29 is 17.6 Å². The molecule has 0 atom stereocenters. The van der Waals surface area contributed by atoms with Crippen molar-refractivity contribution in [1.82, 2.24) is 0 Å². The number of hydrogen-bond donors (Lipinski definition) is 1. The normalized spacial score (nSPS) is 13.1. The van der Waals surface area contributed by atoms with Crippen molar-refractivity contribution in [1.29, 1.82) is 0 Å². The van der Waals surface area contributed by atoms with E-state index in [4.69, 9.17) is 5.73 Å². The molecular formula is C13H16F4N2S. The van der Waals surface area contributed by atoms with Gasteiger partial charge in [-0.05, 0) is 24.6 Å². The maximum absolute atomic E-state index is 13.7. The van der Waals surface area contributed by atoms with E-state index in [1.54, 1.807) is 20.8 Å². The predicted octanol–water partition coefficient (Wildman–Crippen LogP) is 4.43. The van der Waals surface area contributed by atoms with E-state index in [1.165, 1.54) is 12.1 Å². The van der Waals surface area contributed by atoms with Gasteiger partial charge in [-0.3, -0.25) is 0 Å². The molecule has 0 amide bonds. The number of thioether (sulfide) groups is 1. The van der Waals surface area contributed by atoms with Crippen LogP contribution in [-0.2, 0) is 0 Å². The minimum Gasteiger partial charge on any atom is -0.387 e. The van der Waals surface area contributed by atoms with Crippen LogP contribution in [0.15, 0.2) is 22.0 Å². The smallest absolute Gasteiger partial charge is 0.387 e. The van der Waals surface area contributed by atoms with Gasteiger partial charge in [-0.15, -0.1) is 11.8 Å². The first-order chi connectivity index (χ1) is 9.10. The van der Waals surface area contributed by atoms with E-state index in [0.29, 0.717) is 22.2 Å². The fourth-order valence-corrected chi connectivity index (χ4v) is 2.11. The highest BCUT2D eigenvalue weighted by atomic mass is 32.2. The maximum atomic E-state index is 13.7. The number of halogens is 4. The Bertz CT molecular complexity index is 510. The van der Waals surface area contributed by atoms with Crippen LogP contribution in [0.5, 0.6) is 0 Å². The molecule has 0 bridgehead atoms. The van der Waals surface area contributed by atoms with Crippen LogP contribution in [-0.4, -0.2) is 17.8 Å². The second kappa shape index (κ2) is 6.47. The van der Waals surface area contributed by atoms with E-state index >= 15 is 0 Å². The Kier molecular flexibility index (Phi) is 5.44. The summed E-state index contributed by atoms with van der Waals surface area (Å²) in [6, 6.07) is 2.47. The summed E-state index contributed by atoms with van der Waals surface area (Å²) in [5.41, 5.74) is 6.05. The van der Waals surface area contributed by atoms with Gasteiger partial charge in [0.15, 0.2) is 0 Å². The molecule has 0 spiro atoms. The molecule has 0 saturated heterocycles. The van der Waals surface area contributed by atoms with Crippen LogP contribution in [0.3, 0.4) is 0 Å². The van der Waals surface area contributed by atoms with E-state index in [0.717, 1.165) is 0 Å². The van der Waals surface area contributed by atoms with Crippen LogP contribution in [0.1, 0.15) is 19.4 Å². The lowest BCUT2D eigenvalue weighted by Crippen LogP contribution is -2.18. The first-order valence-corrected chi connectivity index (χ1v) is 6.92. The maximum Gasteiger partial charge on any atom is 0.398 e. The number of aryl methyl sites for hydroxylation is 1. The van der Waals surface area contributed by atoms with Crippen LogP contribution < -0.4 is 5.73 Å². The molecule has 20 heavy (non-hydrogen) atoms. The minimum atomic E-state index is -4.27. The van der Waals surface area contributed by atoms with Crippen LogP contribution in [0.25, 0.3) is 0 Å². The van der Waals surface area contributed by atoms with Gasteiger partial charge in [0.2, 0.25) is 0 Å². The molecule has 0 radical (unpaired) electrons. The zero-order chi connectivity index (χ0) is 15.5. The first kappa shape index (κ1) is 16.8. The highest BCUT2D eigenvalue weighted by molar-refractivity contribution is 7.99. The van der Waals surface area contributed by atoms with Crippen molar-refractivity contribution in [2.24, 2.45) is 16.6 Å². The predicted molar refractivity (Wildman–Crippen MR) is 74.0 cm³/mol. The lowest BCUT2D eigenvalue weighted by Gasteiger charge is -2.11. The third-order valence-electron chi connectivity index (χ3n) is 2.48. The molecule has 1 aromatic rings.